The Kier molecular flexibility index (Phi) is 8.20. The molecule has 1 unspecified atom stereocenters. The van der Waals surface area contributed by atoms with Crippen LogP contribution >= 0.6 is 0 Å². The van der Waals surface area contributed by atoms with Crippen molar-refractivity contribution < 1.29 is 29.3 Å². The molecule has 9 nitrogen and oxygen atoms in total. The van der Waals surface area contributed by atoms with Crippen LogP contribution in [0.2, 0.25) is 0 Å². The van der Waals surface area contributed by atoms with E-state index in [-0.39, 0.29) is 30.4 Å². The number of aliphatic hydroxyl groups excluding tert-OH is 1. The van der Waals surface area contributed by atoms with Crippen molar-refractivity contribution in [2.24, 2.45) is 5.92 Å². The Morgan fingerprint density at radius 2 is 1.97 bits per heavy atom. The maximum atomic E-state index is 12.2. The summed E-state index contributed by atoms with van der Waals surface area (Å²) >= 11 is 0. The van der Waals surface area contributed by atoms with Gasteiger partial charge in [-0.1, -0.05) is 13.8 Å². The first-order valence-corrected chi connectivity index (χ1v) is 11.3. The molecule has 2 aliphatic rings. The fraction of sp³-hybridized carbons (Fsp3) is 0.652. The standard InChI is InChI=1S/C23H35N3O6/c1-15(2)13-32-23(30)25(3)16-8-10-26(11-9-16)12-17(27)14-31-20-6-5-19(28)22-18(20)4-7-21(29)24-22/h5-6,15-17,27-28H,4,7-14H2,1-3H3,(H,24,29). The molecule has 178 valence electrons. The third-order valence-corrected chi connectivity index (χ3v) is 5.95. The molecular weight excluding hydrogens is 414 g/mol. The van der Waals surface area contributed by atoms with Crippen LogP contribution in [0.5, 0.6) is 11.5 Å². The highest BCUT2D eigenvalue weighted by atomic mass is 16.6. The highest BCUT2D eigenvalue weighted by molar-refractivity contribution is 5.96. The summed E-state index contributed by atoms with van der Waals surface area (Å²) in [5.74, 6) is 0.759. The van der Waals surface area contributed by atoms with Crippen molar-refractivity contribution in [3.05, 3.63) is 17.7 Å². The average Bonchev–Trinajstić information content (AvgIpc) is 2.77. The van der Waals surface area contributed by atoms with Gasteiger partial charge in [-0.15, -0.1) is 0 Å². The molecule has 0 bridgehead atoms. The van der Waals surface area contributed by atoms with Gasteiger partial charge in [0.1, 0.15) is 24.2 Å². The molecule has 2 heterocycles. The minimum atomic E-state index is -0.678. The number of hydrogen-bond donors (Lipinski definition) is 3. The van der Waals surface area contributed by atoms with Crippen LogP contribution in [-0.4, -0.2) is 84.1 Å². The number of anilines is 1. The minimum Gasteiger partial charge on any atom is -0.506 e. The SMILES string of the molecule is CC(C)COC(=O)N(C)C1CCN(CC(O)COc2ccc(O)c3c2CCC(=O)N3)CC1. The maximum absolute atomic E-state index is 12.2. The lowest BCUT2D eigenvalue weighted by atomic mass is 10.0. The van der Waals surface area contributed by atoms with Gasteiger partial charge in [0, 0.05) is 44.7 Å². The molecule has 32 heavy (non-hydrogen) atoms. The van der Waals surface area contributed by atoms with Crippen LogP contribution in [0.4, 0.5) is 10.5 Å². The van der Waals surface area contributed by atoms with Crippen molar-refractivity contribution in [3.8, 4) is 11.5 Å². The molecule has 0 radical (unpaired) electrons. The van der Waals surface area contributed by atoms with Gasteiger partial charge in [-0.2, -0.15) is 0 Å². The predicted octanol–water partition coefficient (Wildman–Crippen LogP) is 2.21. The Morgan fingerprint density at radius 1 is 1.25 bits per heavy atom. The van der Waals surface area contributed by atoms with Gasteiger partial charge in [0.2, 0.25) is 5.91 Å². The molecule has 2 aliphatic heterocycles. The Hall–Kier alpha value is -2.52. The molecule has 9 heteroatoms. The number of fused-ring (bicyclic) bond motifs is 1. The number of nitrogens with zero attached hydrogens (tertiary/aromatic N) is 2. The van der Waals surface area contributed by atoms with E-state index in [0.29, 0.717) is 43.3 Å². The number of carbonyl (C=O) groups is 2. The van der Waals surface area contributed by atoms with E-state index < -0.39 is 6.10 Å². The number of β-amino-alcohol motifs (C(OH)–C–C–N with tert-alkyl or cyclic N) is 1. The molecule has 1 fully saturated rings. The molecule has 0 aliphatic carbocycles. The van der Waals surface area contributed by atoms with E-state index in [1.54, 1.807) is 18.0 Å². The van der Waals surface area contributed by atoms with Gasteiger partial charge in [-0.25, -0.2) is 4.79 Å². The second-order valence-electron chi connectivity index (χ2n) is 9.06. The fourth-order valence-corrected chi connectivity index (χ4v) is 4.09. The molecule has 3 N–H and O–H groups in total. The number of carbonyl (C=O) groups excluding carboxylic acids is 2. The van der Waals surface area contributed by atoms with Gasteiger partial charge >= 0.3 is 6.09 Å². The van der Waals surface area contributed by atoms with Gasteiger partial charge in [0.15, 0.2) is 0 Å². The van der Waals surface area contributed by atoms with E-state index in [1.807, 2.05) is 13.8 Å². The first-order chi connectivity index (χ1) is 15.2. The molecule has 0 spiro atoms. The number of rotatable bonds is 8. The Labute approximate surface area is 189 Å². The largest absolute Gasteiger partial charge is 0.506 e. The van der Waals surface area contributed by atoms with Gasteiger partial charge in [0.05, 0.1) is 12.3 Å². The molecular formula is C23H35N3O6. The normalized spacial score (nSPS) is 18.1. The second-order valence-corrected chi connectivity index (χ2v) is 9.06. The second kappa shape index (κ2) is 10.9. The van der Waals surface area contributed by atoms with Crippen LogP contribution in [0.25, 0.3) is 0 Å². The van der Waals surface area contributed by atoms with Crippen LogP contribution in [0, 0.1) is 5.92 Å². The number of ether oxygens (including phenoxy) is 2. The first kappa shape index (κ1) is 24.1. The monoisotopic (exact) mass is 449 g/mol. The van der Waals surface area contributed by atoms with Gasteiger partial charge in [0.25, 0.3) is 0 Å². The summed E-state index contributed by atoms with van der Waals surface area (Å²) in [4.78, 5) is 27.6. The highest BCUT2D eigenvalue weighted by Gasteiger charge is 2.27. The third kappa shape index (κ3) is 6.26. The van der Waals surface area contributed by atoms with E-state index in [9.17, 15) is 19.8 Å². The average molecular weight is 450 g/mol. The molecule has 1 aromatic carbocycles. The van der Waals surface area contributed by atoms with Crippen LogP contribution in [0.1, 0.15) is 38.7 Å². The van der Waals surface area contributed by atoms with E-state index in [2.05, 4.69) is 10.2 Å². The van der Waals surface area contributed by atoms with Crippen molar-refractivity contribution in [3.63, 3.8) is 0 Å². The number of amides is 2. The van der Waals surface area contributed by atoms with E-state index >= 15 is 0 Å². The zero-order chi connectivity index (χ0) is 23.3. The van der Waals surface area contributed by atoms with Crippen molar-refractivity contribution >= 4 is 17.7 Å². The Morgan fingerprint density at radius 3 is 2.66 bits per heavy atom. The lowest BCUT2D eigenvalue weighted by Crippen LogP contribution is -2.48. The summed E-state index contributed by atoms with van der Waals surface area (Å²) in [7, 11) is 1.78. The Balaban J connectivity index is 1.43. The summed E-state index contributed by atoms with van der Waals surface area (Å²) in [5, 5.41) is 23.1. The summed E-state index contributed by atoms with van der Waals surface area (Å²) in [6, 6.07) is 3.29. The third-order valence-electron chi connectivity index (χ3n) is 5.95. The van der Waals surface area contributed by atoms with E-state index in [1.165, 1.54) is 6.07 Å². The number of phenolic OH excluding ortho intramolecular Hbond substituents is 1. The number of aromatic hydroxyl groups is 1. The molecule has 1 aromatic rings. The molecule has 1 saturated heterocycles. The highest BCUT2D eigenvalue weighted by Crippen LogP contribution is 2.38. The van der Waals surface area contributed by atoms with Crippen LogP contribution in [0.3, 0.4) is 0 Å². The lowest BCUT2D eigenvalue weighted by molar-refractivity contribution is -0.116. The summed E-state index contributed by atoms with van der Waals surface area (Å²) in [6.07, 6.45) is 1.52. The Bertz CT molecular complexity index is 807. The number of aliphatic hydroxyl groups is 1. The number of phenols is 1. The number of nitrogens with one attached hydrogen (secondary N) is 1. The predicted molar refractivity (Wildman–Crippen MR) is 120 cm³/mol. The number of hydrogen-bond acceptors (Lipinski definition) is 7. The van der Waals surface area contributed by atoms with E-state index in [4.69, 9.17) is 9.47 Å². The van der Waals surface area contributed by atoms with Gasteiger partial charge in [-0.3, -0.25) is 4.79 Å². The van der Waals surface area contributed by atoms with Crippen LogP contribution in [-0.2, 0) is 16.0 Å². The van der Waals surface area contributed by atoms with Crippen LogP contribution < -0.4 is 10.1 Å². The minimum absolute atomic E-state index is 0.0156. The van der Waals surface area contributed by atoms with Gasteiger partial charge < -0.3 is 34.8 Å². The van der Waals surface area contributed by atoms with Crippen molar-refractivity contribution in [2.45, 2.75) is 51.7 Å². The molecule has 0 aromatic heterocycles. The summed E-state index contributed by atoms with van der Waals surface area (Å²) < 4.78 is 11.1. The smallest absolute Gasteiger partial charge is 0.409 e. The fourth-order valence-electron chi connectivity index (χ4n) is 4.09. The maximum Gasteiger partial charge on any atom is 0.409 e. The quantitative estimate of drug-likeness (QED) is 0.522. The summed E-state index contributed by atoms with van der Waals surface area (Å²) in [6.45, 7) is 6.60. The zero-order valence-electron chi connectivity index (χ0n) is 19.2. The number of benzene rings is 1. The summed E-state index contributed by atoms with van der Waals surface area (Å²) in [5.41, 5.74) is 1.15. The zero-order valence-corrected chi connectivity index (χ0v) is 19.2. The number of likely N-dealkylation sites (tertiary alicyclic amines) is 1. The van der Waals surface area contributed by atoms with Crippen molar-refractivity contribution in [1.29, 1.82) is 0 Å². The topological polar surface area (TPSA) is 112 Å². The van der Waals surface area contributed by atoms with E-state index in [0.717, 1.165) is 31.5 Å². The number of piperidine rings is 1. The first-order valence-electron chi connectivity index (χ1n) is 11.3. The van der Waals surface area contributed by atoms with Crippen molar-refractivity contribution in [1.82, 2.24) is 9.80 Å². The van der Waals surface area contributed by atoms with Crippen molar-refractivity contribution in [2.75, 3.05) is 45.2 Å². The molecule has 3 rings (SSSR count). The van der Waals surface area contributed by atoms with Crippen LogP contribution in [0.15, 0.2) is 12.1 Å². The molecule has 1 atom stereocenters. The lowest BCUT2D eigenvalue weighted by Gasteiger charge is -2.37. The van der Waals surface area contributed by atoms with Gasteiger partial charge in [-0.05, 0) is 37.3 Å². The molecule has 2 amide bonds. The molecule has 0 saturated carbocycles.